The highest BCUT2D eigenvalue weighted by Crippen LogP contribution is 2.38. The standard InChI is InChI=1S/C16H24O2/c1-12-7-6-8-13(11-12)14(16(2,3)4)9-10-15(17)18-5/h6-8,11,14H,9-10H2,1-5H3. The Labute approximate surface area is 110 Å². The van der Waals surface area contributed by atoms with Gasteiger partial charge in [-0.25, -0.2) is 0 Å². The third kappa shape index (κ3) is 4.17. The first-order valence-electron chi connectivity index (χ1n) is 6.48. The first-order valence-corrected chi connectivity index (χ1v) is 6.48. The lowest BCUT2D eigenvalue weighted by Gasteiger charge is -2.31. The summed E-state index contributed by atoms with van der Waals surface area (Å²) in [5, 5.41) is 0. The zero-order valence-corrected chi connectivity index (χ0v) is 12.1. The first-order chi connectivity index (χ1) is 8.34. The van der Waals surface area contributed by atoms with Crippen LogP contribution in [0.5, 0.6) is 0 Å². The van der Waals surface area contributed by atoms with Crippen LogP contribution in [0.2, 0.25) is 0 Å². The van der Waals surface area contributed by atoms with Crippen LogP contribution in [0, 0.1) is 12.3 Å². The number of carbonyl (C=O) groups is 1. The van der Waals surface area contributed by atoms with Crippen LogP contribution in [0.25, 0.3) is 0 Å². The molecule has 0 saturated heterocycles. The highest BCUT2D eigenvalue weighted by Gasteiger charge is 2.26. The van der Waals surface area contributed by atoms with Crippen molar-refractivity contribution in [1.82, 2.24) is 0 Å². The molecule has 0 N–H and O–H groups in total. The van der Waals surface area contributed by atoms with Gasteiger partial charge in [0.25, 0.3) is 0 Å². The third-order valence-electron chi connectivity index (χ3n) is 3.35. The molecular weight excluding hydrogens is 224 g/mol. The second kappa shape index (κ2) is 6.03. The molecule has 0 aliphatic carbocycles. The number of methoxy groups -OCH3 is 1. The minimum absolute atomic E-state index is 0.128. The van der Waals surface area contributed by atoms with E-state index >= 15 is 0 Å². The van der Waals surface area contributed by atoms with Crippen LogP contribution in [0.15, 0.2) is 24.3 Å². The van der Waals surface area contributed by atoms with Gasteiger partial charge in [-0.15, -0.1) is 0 Å². The van der Waals surface area contributed by atoms with Gasteiger partial charge in [0.15, 0.2) is 0 Å². The molecule has 0 heterocycles. The molecule has 0 aliphatic heterocycles. The fourth-order valence-electron chi connectivity index (χ4n) is 2.35. The van der Waals surface area contributed by atoms with Crippen LogP contribution in [-0.4, -0.2) is 13.1 Å². The van der Waals surface area contributed by atoms with E-state index in [9.17, 15) is 4.79 Å². The van der Waals surface area contributed by atoms with Crippen molar-refractivity contribution in [2.75, 3.05) is 7.11 Å². The second-order valence-electron chi connectivity index (χ2n) is 5.95. The first kappa shape index (κ1) is 14.7. The fraction of sp³-hybridized carbons (Fsp3) is 0.562. The Hall–Kier alpha value is -1.31. The van der Waals surface area contributed by atoms with E-state index in [1.165, 1.54) is 18.2 Å². The predicted molar refractivity (Wildman–Crippen MR) is 74.6 cm³/mol. The van der Waals surface area contributed by atoms with E-state index in [4.69, 9.17) is 4.74 Å². The lowest BCUT2D eigenvalue weighted by Crippen LogP contribution is -2.20. The van der Waals surface area contributed by atoms with E-state index in [0.717, 1.165) is 6.42 Å². The molecule has 0 amide bonds. The van der Waals surface area contributed by atoms with Crippen molar-refractivity contribution in [2.24, 2.45) is 5.41 Å². The second-order valence-corrected chi connectivity index (χ2v) is 5.95. The van der Waals surface area contributed by atoms with Crippen molar-refractivity contribution in [3.05, 3.63) is 35.4 Å². The van der Waals surface area contributed by atoms with Crippen LogP contribution in [0.1, 0.15) is 50.7 Å². The van der Waals surface area contributed by atoms with Crippen molar-refractivity contribution in [1.29, 1.82) is 0 Å². The van der Waals surface area contributed by atoms with E-state index < -0.39 is 0 Å². The van der Waals surface area contributed by atoms with Gasteiger partial charge < -0.3 is 4.74 Å². The van der Waals surface area contributed by atoms with E-state index in [-0.39, 0.29) is 11.4 Å². The molecule has 18 heavy (non-hydrogen) atoms. The maximum atomic E-state index is 11.3. The third-order valence-corrected chi connectivity index (χ3v) is 3.35. The molecule has 0 bridgehead atoms. The highest BCUT2D eigenvalue weighted by atomic mass is 16.5. The van der Waals surface area contributed by atoms with Crippen molar-refractivity contribution in [3.63, 3.8) is 0 Å². The van der Waals surface area contributed by atoms with Gasteiger partial charge in [0.05, 0.1) is 7.11 Å². The number of aryl methyl sites for hydroxylation is 1. The normalized spacial score (nSPS) is 13.2. The summed E-state index contributed by atoms with van der Waals surface area (Å²) in [6.45, 7) is 8.76. The van der Waals surface area contributed by atoms with Crippen molar-refractivity contribution in [2.45, 2.75) is 46.5 Å². The number of ether oxygens (including phenoxy) is 1. The van der Waals surface area contributed by atoms with Crippen LogP contribution >= 0.6 is 0 Å². The summed E-state index contributed by atoms with van der Waals surface area (Å²) < 4.78 is 4.73. The van der Waals surface area contributed by atoms with Crippen LogP contribution in [0.3, 0.4) is 0 Å². The Morgan fingerprint density at radius 1 is 1.33 bits per heavy atom. The molecule has 2 heteroatoms. The molecule has 1 rings (SSSR count). The van der Waals surface area contributed by atoms with Gasteiger partial charge in [0.1, 0.15) is 0 Å². The minimum Gasteiger partial charge on any atom is -0.469 e. The summed E-state index contributed by atoms with van der Waals surface area (Å²) in [6.07, 6.45) is 1.31. The molecule has 0 aliphatic rings. The largest absolute Gasteiger partial charge is 0.469 e. The lowest BCUT2D eigenvalue weighted by molar-refractivity contribution is -0.140. The van der Waals surface area contributed by atoms with Crippen LogP contribution in [-0.2, 0) is 9.53 Å². The molecule has 1 aromatic rings. The summed E-state index contributed by atoms with van der Waals surface area (Å²) in [6, 6.07) is 8.55. The molecule has 0 radical (unpaired) electrons. The molecule has 0 aromatic heterocycles. The van der Waals surface area contributed by atoms with Gasteiger partial charge in [-0.05, 0) is 30.2 Å². The Kier molecular flexibility index (Phi) is 4.94. The van der Waals surface area contributed by atoms with Gasteiger partial charge in [-0.3, -0.25) is 4.79 Å². The Morgan fingerprint density at radius 2 is 2.00 bits per heavy atom. The molecule has 0 fully saturated rings. The van der Waals surface area contributed by atoms with Gasteiger partial charge in [0.2, 0.25) is 0 Å². The van der Waals surface area contributed by atoms with Gasteiger partial charge in [0, 0.05) is 6.42 Å². The molecule has 1 atom stereocenters. The Morgan fingerprint density at radius 3 is 2.50 bits per heavy atom. The molecule has 1 unspecified atom stereocenters. The zero-order valence-electron chi connectivity index (χ0n) is 12.1. The Bertz CT molecular complexity index is 402. The predicted octanol–water partition coefficient (Wildman–Crippen LogP) is 4.08. The van der Waals surface area contributed by atoms with Crippen molar-refractivity contribution < 1.29 is 9.53 Å². The van der Waals surface area contributed by atoms with Gasteiger partial charge in [-0.1, -0.05) is 50.6 Å². The summed E-state index contributed by atoms with van der Waals surface area (Å²) in [5.74, 6) is 0.244. The number of hydrogen-bond donors (Lipinski definition) is 0. The van der Waals surface area contributed by atoms with Gasteiger partial charge in [-0.2, -0.15) is 0 Å². The number of carbonyl (C=O) groups excluding carboxylic acids is 1. The van der Waals surface area contributed by atoms with E-state index in [1.807, 2.05) is 0 Å². The van der Waals surface area contributed by atoms with E-state index in [2.05, 4.69) is 52.0 Å². The average Bonchev–Trinajstić information content (AvgIpc) is 2.27. The van der Waals surface area contributed by atoms with Gasteiger partial charge >= 0.3 is 5.97 Å². The summed E-state index contributed by atoms with van der Waals surface area (Å²) in [4.78, 5) is 11.3. The molecule has 2 nitrogen and oxygen atoms in total. The molecule has 0 spiro atoms. The Balaban J connectivity index is 2.89. The van der Waals surface area contributed by atoms with Crippen LogP contribution < -0.4 is 0 Å². The summed E-state index contributed by atoms with van der Waals surface area (Å²) in [7, 11) is 1.45. The van der Waals surface area contributed by atoms with E-state index in [0.29, 0.717) is 12.3 Å². The summed E-state index contributed by atoms with van der Waals surface area (Å²) >= 11 is 0. The monoisotopic (exact) mass is 248 g/mol. The SMILES string of the molecule is COC(=O)CCC(c1cccc(C)c1)C(C)(C)C. The molecule has 0 saturated carbocycles. The van der Waals surface area contributed by atoms with Crippen LogP contribution in [0.4, 0.5) is 0 Å². The van der Waals surface area contributed by atoms with E-state index in [1.54, 1.807) is 0 Å². The fourth-order valence-corrected chi connectivity index (χ4v) is 2.35. The summed E-state index contributed by atoms with van der Waals surface area (Å²) in [5.41, 5.74) is 2.72. The number of esters is 1. The topological polar surface area (TPSA) is 26.3 Å². The molecular formula is C16H24O2. The van der Waals surface area contributed by atoms with Crippen molar-refractivity contribution in [3.8, 4) is 0 Å². The number of rotatable bonds is 4. The minimum atomic E-state index is -0.128. The molecule has 1 aromatic carbocycles. The maximum Gasteiger partial charge on any atom is 0.305 e. The quantitative estimate of drug-likeness (QED) is 0.750. The zero-order chi connectivity index (χ0) is 13.8. The smallest absolute Gasteiger partial charge is 0.305 e. The number of benzene rings is 1. The lowest BCUT2D eigenvalue weighted by atomic mass is 9.74. The van der Waals surface area contributed by atoms with Crippen molar-refractivity contribution >= 4 is 5.97 Å². The average molecular weight is 248 g/mol. The molecule has 100 valence electrons. The maximum absolute atomic E-state index is 11.3. The number of hydrogen-bond acceptors (Lipinski definition) is 2. The highest BCUT2D eigenvalue weighted by molar-refractivity contribution is 5.69.